The SMILES string of the molecule is COCc1cccc(C(=O)Nc2cc(C(N)=O)ccc2N2CCCC2)c1. The van der Waals surface area contributed by atoms with E-state index in [1.54, 1.807) is 31.4 Å². The molecule has 2 amide bonds. The number of nitrogens with one attached hydrogen (secondary N) is 1. The lowest BCUT2D eigenvalue weighted by atomic mass is 10.1. The van der Waals surface area contributed by atoms with Gasteiger partial charge in [0, 0.05) is 31.3 Å². The Morgan fingerprint density at radius 1 is 1.12 bits per heavy atom. The smallest absolute Gasteiger partial charge is 0.255 e. The van der Waals surface area contributed by atoms with Gasteiger partial charge in [-0.3, -0.25) is 9.59 Å². The van der Waals surface area contributed by atoms with Gasteiger partial charge in [0.1, 0.15) is 0 Å². The quantitative estimate of drug-likeness (QED) is 0.836. The van der Waals surface area contributed by atoms with Gasteiger partial charge in [-0.15, -0.1) is 0 Å². The minimum atomic E-state index is -0.518. The first-order valence-electron chi connectivity index (χ1n) is 8.66. The fourth-order valence-electron chi connectivity index (χ4n) is 3.19. The van der Waals surface area contributed by atoms with Crippen LogP contribution in [0.2, 0.25) is 0 Å². The maximum Gasteiger partial charge on any atom is 0.255 e. The predicted octanol–water partition coefficient (Wildman–Crippen LogP) is 2.78. The van der Waals surface area contributed by atoms with E-state index in [-0.39, 0.29) is 5.91 Å². The van der Waals surface area contributed by atoms with Gasteiger partial charge in [-0.25, -0.2) is 0 Å². The van der Waals surface area contributed by atoms with Crippen molar-refractivity contribution in [2.24, 2.45) is 5.73 Å². The fourth-order valence-corrected chi connectivity index (χ4v) is 3.19. The molecule has 0 bridgehead atoms. The lowest BCUT2D eigenvalue weighted by Crippen LogP contribution is -2.22. The summed E-state index contributed by atoms with van der Waals surface area (Å²) >= 11 is 0. The third-order valence-electron chi connectivity index (χ3n) is 4.48. The molecule has 1 aliphatic rings. The van der Waals surface area contributed by atoms with Crippen molar-refractivity contribution in [3.8, 4) is 0 Å². The van der Waals surface area contributed by atoms with Crippen LogP contribution < -0.4 is 16.0 Å². The van der Waals surface area contributed by atoms with Gasteiger partial charge in [-0.05, 0) is 48.7 Å². The first-order valence-corrected chi connectivity index (χ1v) is 8.66. The van der Waals surface area contributed by atoms with Crippen molar-refractivity contribution >= 4 is 23.2 Å². The maximum absolute atomic E-state index is 12.7. The summed E-state index contributed by atoms with van der Waals surface area (Å²) in [5, 5.41) is 2.94. The van der Waals surface area contributed by atoms with E-state index in [0.29, 0.717) is 23.4 Å². The van der Waals surface area contributed by atoms with Crippen LogP contribution in [-0.4, -0.2) is 32.0 Å². The van der Waals surface area contributed by atoms with E-state index in [1.165, 1.54) is 0 Å². The first-order chi connectivity index (χ1) is 12.6. The highest BCUT2D eigenvalue weighted by atomic mass is 16.5. The summed E-state index contributed by atoms with van der Waals surface area (Å²) in [7, 11) is 1.62. The minimum absolute atomic E-state index is 0.231. The Bertz CT molecular complexity index is 814. The molecule has 6 nitrogen and oxygen atoms in total. The van der Waals surface area contributed by atoms with Gasteiger partial charge < -0.3 is 20.7 Å². The van der Waals surface area contributed by atoms with Crippen LogP contribution in [0.5, 0.6) is 0 Å². The number of carbonyl (C=O) groups is 2. The molecule has 0 aromatic heterocycles. The molecule has 2 aromatic carbocycles. The number of benzene rings is 2. The topological polar surface area (TPSA) is 84.7 Å². The van der Waals surface area contributed by atoms with Crippen molar-refractivity contribution in [2.45, 2.75) is 19.4 Å². The highest BCUT2D eigenvalue weighted by Gasteiger charge is 2.19. The second kappa shape index (κ2) is 8.01. The standard InChI is InChI=1S/C20H23N3O3/c1-26-13-14-5-4-6-16(11-14)20(25)22-17-12-15(19(21)24)7-8-18(17)23-9-2-3-10-23/h4-8,11-12H,2-3,9-10,13H2,1H3,(H2,21,24)(H,22,25). The van der Waals surface area contributed by atoms with Crippen molar-refractivity contribution in [1.29, 1.82) is 0 Å². The molecule has 0 unspecified atom stereocenters. The Kier molecular flexibility index (Phi) is 5.53. The molecule has 6 heteroatoms. The average molecular weight is 353 g/mol. The highest BCUT2D eigenvalue weighted by molar-refractivity contribution is 6.07. The second-order valence-corrected chi connectivity index (χ2v) is 6.38. The predicted molar refractivity (Wildman–Crippen MR) is 102 cm³/mol. The van der Waals surface area contributed by atoms with Gasteiger partial charge in [0.15, 0.2) is 0 Å². The van der Waals surface area contributed by atoms with Crippen LogP contribution in [0.3, 0.4) is 0 Å². The molecule has 136 valence electrons. The fraction of sp³-hybridized carbons (Fsp3) is 0.300. The minimum Gasteiger partial charge on any atom is -0.380 e. The van der Waals surface area contributed by atoms with E-state index in [0.717, 1.165) is 37.2 Å². The molecule has 3 rings (SSSR count). The van der Waals surface area contributed by atoms with Crippen molar-refractivity contribution in [3.05, 3.63) is 59.2 Å². The van der Waals surface area contributed by atoms with Crippen LogP contribution in [-0.2, 0) is 11.3 Å². The highest BCUT2D eigenvalue weighted by Crippen LogP contribution is 2.30. The largest absolute Gasteiger partial charge is 0.380 e. The average Bonchev–Trinajstić information content (AvgIpc) is 3.16. The number of rotatable bonds is 6. The number of carbonyl (C=O) groups excluding carboxylic acids is 2. The molecule has 1 aliphatic heterocycles. The van der Waals surface area contributed by atoms with Gasteiger partial charge >= 0.3 is 0 Å². The van der Waals surface area contributed by atoms with Crippen LogP contribution >= 0.6 is 0 Å². The molecule has 0 atom stereocenters. The molecular weight excluding hydrogens is 330 g/mol. The molecule has 0 saturated carbocycles. The van der Waals surface area contributed by atoms with Crippen molar-refractivity contribution in [2.75, 3.05) is 30.4 Å². The van der Waals surface area contributed by atoms with Crippen LogP contribution in [0.15, 0.2) is 42.5 Å². The van der Waals surface area contributed by atoms with E-state index in [9.17, 15) is 9.59 Å². The Hall–Kier alpha value is -2.86. The summed E-state index contributed by atoms with van der Waals surface area (Å²) in [4.78, 5) is 26.5. The normalized spacial score (nSPS) is 13.7. The van der Waals surface area contributed by atoms with Crippen LogP contribution in [0.4, 0.5) is 11.4 Å². The van der Waals surface area contributed by atoms with Gasteiger partial charge in [-0.1, -0.05) is 12.1 Å². The first kappa shape index (κ1) is 17.9. The van der Waals surface area contributed by atoms with Crippen molar-refractivity contribution in [1.82, 2.24) is 0 Å². The number of methoxy groups -OCH3 is 1. The van der Waals surface area contributed by atoms with E-state index < -0.39 is 5.91 Å². The Balaban J connectivity index is 1.89. The van der Waals surface area contributed by atoms with Gasteiger partial charge in [0.25, 0.3) is 5.91 Å². The van der Waals surface area contributed by atoms with Crippen molar-refractivity contribution < 1.29 is 14.3 Å². The Morgan fingerprint density at radius 3 is 2.58 bits per heavy atom. The summed E-state index contributed by atoms with van der Waals surface area (Å²) in [6.45, 7) is 2.31. The molecule has 1 heterocycles. The summed E-state index contributed by atoms with van der Waals surface area (Å²) in [6, 6.07) is 12.5. The lowest BCUT2D eigenvalue weighted by molar-refractivity contribution is 0.0996. The number of ether oxygens (including phenoxy) is 1. The number of nitrogens with zero attached hydrogens (tertiary/aromatic N) is 1. The molecule has 0 aliphatic carbocycles. The molecule has 1 saturated heterocycles. The molecule has 2 aromatic rings. The van der Waals surface area contributed by atoms with Gasteiger partial charge in [0.05, 0.1) is 18.0 Å². The number of hydrogen-bond acceptors (Lipinski definition) is 4. The molecular formula is C20H23N3O3. The number of amides is 2. The zero-order valence-corrected chi connectivity index (χ0v) is 14.8. The zero-order chi connectivity index (χ0) is 18.5. The van der Waals surface area contributed by atoms with Crippen LogP contribution in [0.1, 0.15) is 39.1 Å². The van der Waals surface area contributed by atoms with E-state index >= 15 is 0 Å². The molecule has 0 spiro atoms. The number of nitrogens with two attached hydrogens (primary N) is 1. The zero-order valence-electron chi connectivity index (χ0n) is 14.8. The maximum atomic E-state index is 12.7. The van der Waals surface area contributed by atoms with Crippen LogP contribution in [0.25, 0.3) is 0 Å². The summed E-state index contributed by atoms with van der Waals surface area (Å²) in [6.07, 6.45) is 2.23. The van der Waals surface area contributed by atoms with E-state index in [2.05, 4.69) is 10.2 Å². The summed E-state index contributed by atoms with van der Waals surface area (Å²) in [5.74, 6) is -0.749. The van der Waals surface area contributed by atoms with Crippen molar-refractivity contribution in [3.63, 3.8) is 0 Å². The van der Waals surface area contributed by atoms with Gasteiger partial charge in [0.2, 0.25) is 5.91 Å². The molecule has 1 fully saturated rings. The van der Waals surface area contributed by atoms with Crippen LogP contribution in [0, 0.1) is 0 Å². The van der Waals surface area contributed by atoms with E-state index in [1.807, 2.05) is 18.2 Å². The number of anilines is 2. The lowest BCUT2D eigenvalue weighted by Gasteiger charge is -2.22. The molecule has 26 heavy (non-hydrogen) atoms. The Labute approximate surface area is 152 Å². The third kappa shape index (κ3) is 4.03. The number of hydrogen-bond donors (Lipinski definition) is 2. The third-order valence-corrected chi connectivity index (χ3v) is 4.48. The van der Waals surface area contributed by atoms with Gasteiger partial charge in [-0.2, -0.15) is 0 Å². The second-order valence-electron chi connectivity index (χ2n) is 6.38. The van der Waals surface area contributed by atoms with E-state index in [4.69, 9.17) is 10.5 Å². The summed E-state index contributed by atoms with van der Waals surface area (Å²) < 4.78 is 5.12. The monoisotopic (exact) mass is 353 g/mol. The number of primary amides is 1. The molecule has 0 radical (unpaired) electrons. The Morgan fingerprint density at radius 2 is 1.88 bits per heavy atom. The summed E-state index contributed by atoms with van der Waals surface area (Å²) in [5.41, 5.74) is 8.75. The molecule has 3 N–H and O–H groups in total.